The molecular formula is C15H12BrFO3. The van der Waals surface area contributed by atoms with Gasteiger partial charge in [-0.1, -0.05) is 6.07 Å². The first-order valence-electron chi connectivity index (χ1n) is 6.15. The Hall–Kier alpha value is -1.59. The van der Waals surface area contributed by atoms with E-state index in [0.717, 1.165) is 11.1 Å². The van der Waals surface area contributed by atoms with E-state index in [-0.39, 0.29) is 12.4 Å². The van der Waals surface area contributed by atoms with E-state index in [0.29, 0.717) is 22.6 Å². The summed E-state index contributed by atoms with van der Waals surface area (Å²) in [5.74, 6) is 1.00. The van der Waals surface area contributed by atoms with Crippen molar-refractivity contribution < 1.29 is 19.0 Å². The summed E-state index contributed by atoms with van der Waals surface area (Å²) >= 11 is 3.14. The highest BCUT2D eigenvalue weighted by Gasteiger charge is 2.21. The molecule has 1 N–H and O–H groups in total. The van der Waals surface area contributed by atoms with Crippen LogP contribution in [0, 0.1) is 5.82 Å². The van der Waals surface area contributed by atoms with E-state index in [4.69, 9.17) is 9.47 Å². The molecule has 0 spiro atoms. The molecule has 2 aromatic rings. The lowest BCUT2D eigenvalue weighted by Gasteiger charge is -2.08. The fraction of sp³-hybridized carbons (Fsp3) is 0.200. The Labute approximate surface area is 124 Å². The monoisotopic (exact) mass is 338 g/mol. The standard InChI is InChI=1S/C15H12BrFO3/c16-12-5-9(1-4-13(12)17)7-19-10-2-3-11-14(18)8-20-15(11)6-10/h1-6,14,18H,7-8H2. The molecule has 2 aromatic carbocycles. The van der Waals surface area contributed by atoms with E-state index < -0.39 is 6.10 Å². The molecule has 1 aliphatic heterocycles. The molecule has 0 bridgehead atoms. The largest absolute Gasteiger partial charge is 0.490 e. The van der Waals surface area contributed by atoms with Crippen LogP contribution in [-0.4, -0.2) is 11.7 Å². The third-order valence-electron chi connectivity index (χ3n) is 3.13. The van der Waals surface area contributed by atoms with Gasteiger partial charge in [-0.2, -0.15) is 0 Å². The van der Waals surface area contributed by atoms with Crippen molar-refractivity contribution in [3.05, 3.63) is 57.8 Å². The van der Waals surface area contributed by atoms with Crippen molar-refractivity contribution in [1.29, 1.82) is 0 Å². The van der Waals surface area contributed by atoms with Crippen LogP contribution in [0.4, 0.5) is 4.39 Å². The Morgan fingerprint density at radius 1 is 1.30 bits per heavy atom. The van der Waals surface area contributed by atoms with Gasteiger partial charge in [0.25, 0.3) is 0 Å². The number of aliphatic hydroxyl groups is 1. The zero-order valence-electron chi connectivity index (χ0n) is 10.5. The average molecular weight is 339 g/mol. The predicted octanol–water partition coefficient (Wildman–Crippen LogP) is 3.59. The first-order chi connectivity index (χ1) is 9.63. The summed E-state index contributed by atoms with van der Waals surface area (Å²) in [6.07, 6.45) is -0.563. The molecular weight excluding hydrogens is 327 g/mol. The van der Waals surface area contributed by atoms with E-state index >= 15 is 0 Å². The summed E-state index contributed by atoms with van der Waals surface area (Å²) in [5.41, 5.74) is 1.64. The van der Waals surface area contributed by atoms with Crippen LogP contribution in [-0.2, 0) is 6.61 Å². The summed E-state index contributed by atoms with van der Waals surface area (Å²) in [6.45, 7) is 0.615. The molecule has 1 atom stereocenters. The molecule has 0 aliphatic carbocycles. The number of ether oxygens (including phenoxy) is 2. The zero-order chi connectivity index (χ0) is 14.1. The fourth-order valence-electron chi connectivity index (χ4n) is 2.06. The summed E-state index contributed by atoms with van der Waals surface area (Å²) in [4.78, 5) is 0. The molecule has 104 valence electrons. The van der Waals surface area contributed by atoms with Crippen LogP contribution in [0.5, 0.6) is 11.5 Å². The highest BCUT2D eigenvalue weighted by Crippen LogP contribution is 2.35. The third-order valence-corrected chi connectivity index (χ3v) is 3.74. The minimum absolute atomic E-state index is 0.281. The average Bonchev–Trinajstić information content (AvgIpc) is 2.81. The van der Waals surface area contributed by atoms with Gasteiger partial charge in [-0.25, -0.2) is 4.39 Å². The third kappa shape index (κ3) is 2.64. The molecule has 0 aromatic heterocycles. The molecule has 5 heteroatoms. The topological polar surface area (TPSA) is 38.7 Å². The van der Waals surface area contributed by atoms with Gasteiger partial charge >= 0.3 is 0 Å². The number of rotatable bonds is 3. The molecule has 1 unspecified atom stereocenters. The summed E-state index contributed by atoms with van der Waals surface area (Å²) in [5, 5.41) is 9.63. The van der Waals surface area contributed by atoms with Crippen molar-refractivity contribution in [2.24, 2.45) is 0 Å². The maximum Gasteiger partial charge on any atom is 0.137 e. The Kier molecular flexibility index (Phi) is 3.63. The molecule has 0 saturated heterocycles. The second-order valence-corrected chi connectivity index (χ2v) is 5.42. The Morgan fingerprint density at radius 3 is 2.95 bits per heavy atom. The highest BCUT2D eigenvalue weighted by atomic mass is 79.9. The lowest BCUT2D eigenvalue weighted by atomic mass is 10.1. The quantitative estimate of drug-likeness (QED) is 0.929. The second-order valence-electron chi connectivity index (χ2n) is 4.56. The Balaban J connectivity index is 1.71. The molecule has 0 amide bonds. The van der Waals surface area contributed by atoms with Crippen molar-refractivity contribution in [3.63, 3.8) is 0 Å². The fourth-order valence-corrected chi connectivity index (χ4v) is 2.49. The van der Waals surface area contributed by atoms with Gasteiger partial charge < -0.3 is 14.6 Å². The first-order valence-corrected chi connectivity index (χ1v) is 6.94. The van der Waals surface area contributed by atoms with Gasteiger partial charge in [0.05, 0.1) is 4.47 Å². The van der Waals surface area contributed by atoms with Crippen molar-refractivity contribution in [2.75, 3.05) is 6.61 Å². The van der Waals surface area contributed by atoms with Gasteiger partial charge in [-0.15, -0.1) is 0 Å². The van der Waals surface area contributed by atoms with E-state index in [1.54, 1.807) is 30.3 Å². The minimum Gasteiger partial charge on any atom is -0.490 e. The number of fused-ring (bicyclic) bond motifs is 1. The lowest BCUT2D eigenvalue weighted by molar-refractivity contribution is 0.140. The molecule has 0 radical (unpaired) electrons. The second kappa shape index (κ2) is 5.42. The van der Waals surface area contributed by atoms with E-state index in [2.05, 4.69) is 15.9 Å². The minimum atomic E-state index is -0.563. The van der Waals surface area contributed by atoms with Gasteiger partial charge in [-0.05, 0) is 45.8 Å². The van der Waals surface area contributed by atoms with E-state index in [1.165, 1.54) is 6.07 Å². The zero-order valence-corrected chi connectivity index (χ0v) is 12.1. The number of hydrogen-bond donors (Lipinski definition) is 1. The van der Waals surface area contributed by atoms with Gasteiger partial charge in [0.15, 0.2) is 0 Å². The van der Waals surface area contributed by atoms with Crippen LogP contribution < -0.4 is 9.47 Å². The van der Waals surface area contributed by atoms with Gasteiger partial charge in [0.2, 0.25) is 0 Å². The molecule has 20 heavy (non-hydrogen) atoms. The normalized spacial score (nSPS) is 16.6. The van der Waals surface area contributed by atoms with Gasteiger partial charge in [-0.3, -0.25) is 0 Å². The predicted molar refractivity (Wildman–Crippen MR) is 75.3 cm³/mol. The Bertz CT molecular complexity index is 645. The van der Waals surface area contributed by atoms with E-state index in [1.807, 2.05) is 0 Å². The summed E-state index contributed by atoms with van der Waals surface area (Å²) < 4.78 is 24.5. The molecule has 0 fully saturated rings. The highest BCUT2D eigenvalue weighted by molar-refractivity contribution is 9.10. The molecule has 1 heterocycles. The van der Waals surface area contributed by atoms with Gasteiger partial charge in [0, 0.05) is 11.6 Å². The molecule has 3 nitrogen and oxygen atoms in total. The van der Waals surface area contributed by atoms with Crippen molar-refractivity contribution >= 4 is 15.9 Å². The smallest absolute Gasteiger partial charge is 0.137 e. The summed E-state index contributed by atoms with van der Waals surface area (Å²) in [6, 6.07) is 10.1. The first kappa shape index (κ1) is 13.4. The summed E-state index contributed by atoms with van der Waals surface area (Å²) in [7, 11) is 0. The molecule has 0 saturated carbocycles. The number of hydrogen-bond acceptors (Lipinski definition) is 3. The maximum atomic E-state index is 13.1. The van der Waals surface area contributed by atoms with Crippen LogP contribution in [0.25, 0.3) is 0 Å². The van der Waals surface area contributed by atoms with E-state index in [9.17, 15) is 9.50 Å². The van der Waals surface area contributed by atoms with Crippen LogP contribution in [0.3, 0.4) is 0 Å². The Morgan fingerprint density at radius 2 is 2.15 bits per heavy atom. The molecule has 3 rings (SSSR count). The van der Waals surface area contributed by atoms with Crippen molar-refractivity contribution in [3.8, 4) is 11.5 Å². The van der Waals surface area contributed by atoms with Crippen molar-refractivity contribution in [1.82, 2.24) is 0 Å². The van der Waals surface area contributed by atoms with Gasteiger partial charge in [0.1, 0.15) is 36.6 Å². The van der Waals surface area contributed by atoms with Crippen LogP contribution in [0.2, 0.25) is 0 Å². The SMILES string of the molecule is OC1COc2cc(OCc3ccc(F)c(Br)c3)ccc21. The van der Waals surface area contributed by atoms with Crippen LogP contribution >= 0.6 is 15.9 Å². The van der Waals surface area contributed by atoms with Crippen LogP contribution in [0.15, 0.2) is 40.9 Å². The number of benzene rings is 2. The van der Waals surface area contributed by atoms with Crippen molar-refractivity contribution in [2.45, 2.75) is 12.7 Å². The maximum absolute atomic E-state index is 13.1. The number of aliphatic hydroxyl groups excluding tert-OH is 1. The number of halogens is 2. The molecule has 1 aliphatic rings. The van der Waals surface area contributed by atoms with Crippen LogP contribution in [0.1, 0.15) is 17.2 Å². The lowest BCUT2D eigenvalue weighted by Crippen LogP contribution is -1.97.